The summed E-state index contributed by atoms with van der Waals surface area (Å²) < 4.78 is 0. The quantitative estimate of drug-likeness (QED) is 0.542. The van der Waals surface area contributed by atoms with Gasteiger partial charge in [0.2, 0.25) is 0 Å². The van der Waals surface area contributed by atoms with Gasteiger partial charge in [0.25, 0.3) is 0 Å². The molecule has 1 saturated carbocycles. The van der Waals surface area contributed by atoms with E-state index in [1.807, 2.05) is 0 Å². The largest absolute Gasteiger partial charge is 0.392 e. The number of aliphatic hydroxyl groups is 1. The summed E-state index contributed by atoms with van der Waals surface area (Å²) in [7, 11) is 0. The van der Waals surface area contributed by atoms with Gasteiger partial charge < -0.3 is 5.11 Å². The van der Waals surface area contributed by atoms with Crippen LogP contribution in [0.25, 0.3) is 0 Å². The zero-order chi connectivity index (χ0) is 7.40. The molecule has 0 aromatic rings. The Hall–Kier alpha value is 0.250. The zero-order valence-electron chi connectivity index (χ0n) is 6.22. The van der Waals surface area contributed by atoms with E-state index < -0.39 is 0 Å². The molecule has 0 saturated heterocycles. The fourth-order valence-corrected chi connectivity index (χ4v) is 1.70. The monoisotopic (exact) mass is 162 g/mol. The summed E-state index contributed by atoms with van der Waals surface area (Å²) in [5, 5.41) is 9.36. The molecule has 0 aromatic heterocycles. The molecule has 1 N–H and O–H groups in total. The summed E-state index contributed by atoms with van der Waals surface area (Å²) in [5.74, 6) is 0. The van der Waals surface area contributed by atoms with Gasteiger partial charge in [-0.25, -0.2) is 0 Å². The summed E-state index contributed by atoms with van der Waals surface area (Å²) in [6.45, 7) is 0. The Morgan fingerprint density at radius 3 is 2.30 bits per heavy atom. The number of halogens is 1. The molecular formula is C8H15ClO. The molecule has 0 heterocycles. The van der Waals surface area contributed by atoms with E-state index in [9.17, 15) is 5.11 Å². The molecule has 0 bridgehead atoms. The number of aliphatic hydroxyl groups excluding tert-OH is 1. The van der Waals surface area contributed by atoms with Crippen molar-refractivity contribution in [1.82, 2.24) is 0 Å². The van der Waals surface area contributed by atoms with E-state index in [0.717, 1.165) is 19.3 Å². The Balaban J connectivity index is 2.28. The maximum absolute atomic E-state index is 9.35. The first-order valence-electron chi connectivity index (χ1n) is 4.13. The van der Waals surface area contributed by atoms with Crippen LogP contribution in [-0.2, 0) is 0 Å². The van der Waals surface area contributed by atoms with Crippen molar-refractivity contribution in [2.75, 3.05) is 0 Å². The standard InChI is InChI=1S/C8H15ClO/c9-7-5-3-1-2-4-6-8(7)10/h7-8,10H,1-6H2/t7-,8-/m0/s1. The van der Waals surface area contributed by atoms with E-state index in [1.54, 1.807) is 0 Å². The van der Waals surface area contributed by atoms with E-state index >= 15 is 0 Å². The molecule has 0 spiro atoms. The fraction of sp³-hybridized carbons (Fsp3) is 1.00. The van der Waals surface area contributed by atoms with E-state index in [2.05, 4.69) is 0 Å². The molecule has 10 heavy (non-hydrogen) atoms. The minimum Gasteiger partial charge on any atom is -0.392 e. The third kappa shape index (κ3) is 2.47. The first kappa shape index (κ1) is 8.35. The third-order valence-corrected chi connectivity index (χ3v) is 2.66. The summed E-state index contributed by atoms with van der Waals surface area (Å²) in [5.41, 5.74) is 0. The van der Waals surface area contributed by atoms with Gasteiger partial charge in [-0.15, -0.1) is 11.6 Å². The molecule has 1 rings (SSSR count). The molecule has 2 atom stereocenters. The lowest BCUT2D eigenvalue weighted by molar-refractivity contribution is 0.145. The molecule has 0 aliphatic heterocycles. The smallest absolute Gasteiger partial charge is 0.0703 e. The topological polar surface area (TPSA) is 20.2 Å². The Kier molecular flexibility index (Phi) is 3.50. The van der Waals surface area contributed by atoms with Crippen molar-refractivity contribution >= 4 is 11.6 Å². The van der Waals surface area contributed by atoms with Crippen molar-refractivity contribution in [1.29, 1.82) is 0 Å². The number of hydrogen-bond donors (Lipinski definition) is 1. The molecule has 0 radical (unpaired) electrons. The van der Waals surface area contributed by atoms with Crippen molar-refractivity contribution < 1.29 is 5.11 Å². The van der Waals surface area contributed by atoms with Gasteiger partial charge in [0.15, 0.2) is 0 Å². The summed E-state index contributed by atoms with van der Waals surface area (Å²) in [4.78, 5) is 0. The average molecular weight is 163 g/mol. The zero-order valence-corrected chi connectivity index (χ0v) is 6.98. The first-order valence-corrected chi connectivity index (χ1v) is 4.56. The van der Waals surface area contributed by atoms with Crippen LogP contribution in [0.2, 0.25) is 0 Å². The molecule has 2 heteroatoms. The minimum absolute atomic E-state index is 0.0142. The third-order valence-electron chi connectivity index (χ3n) is 2.15. The van der Waals surface area contributed by atoms with Gasteiger partial charge in [0, 0.05) is 0 Å². The Morgan fingerprint density at radius 2 is 1.60 bits per heavy atom. The Morgan fingerprint density at radius 1 is 1.00 bits per heavy atom. The second kappa shape index (κ2) is 4.20. The van der Waals surface area contributed by atoms with E-state index in [1.165, 1.54) is 19.3 Å². The lowest BCUT2D eigenvalue weighted by atomic mass is 9.98. The summed E-state index contributed by atoms with van der Waals surface area (Å²) in [6.07, 6.45) is 6.52. The van der Waals surface area contributed by atoms with Crippen LogP contribution in [0.15, 0.2) is 0 Å². The fourth-order valence-electron chi connectivity index (χ4n) is 1.42. The highest BCUT2D eigenvalue weighted by molar-refractivity contribution is 6.21. The second-order valence-electron chi connectivity index (χ2n) is 3.07. The van der Waals surface area contributed by atoms with Crippen LogP contribution in [0.5, 0.6) is 0 Å². The minimum atomic E-state index is -0.248. The van der Waals surface area contributed by atoms with Crippen LogP contribution < -0.4 is 0 Å². The van der Waals surface area contributed by atoms with Crippen LogP contribution >= 0.6 is 11.6 Å². The Bertz CT molecular complexity index is 83.3. The second-order valence-corrected chi connectivity index (χ2v) is 3.64. The molecule has 1 fully saturated rings. The highest BCUT2D eigenvalue weighted by atomic mass is 35.5. The molecule has 1 aliphatic carbocycles. The van der Waals surface area contributed by atoms with Crippen molar-refractivity contribution in [3.8, 4) is 0 Å². The molecule has 0 amide bonds. The van der Waals surface area contributed by atoms with Crippen LogP contribution in [-0.4, -0.2) is 16.6 Å². The van der Waals surface area contributed by atoms with Gasteiger partial charge in [-0.1, -0.05) is 25.7 Å². The molecular weight excluding hydrogens is 148 g/mol. The van der Waals surface area contributed by atoms with Crippen LogP contribution in [0, 0.1) is 0 Å². The van der Waals surface area contributed by atoms with E-state index in [-0.39, 0.29) is 11.5 Å². The van der Waals surface area contributed by atoms with Gasteiger partial charge >= 0.3 is 0 Å². The van der Waals surface area contributed by atoms with Crippen molar-refractivity contribution in [2.45, 2.75) is 50.0 Å². The normalized spacial score (nSPS) is 36.6. The highest BCUT2D eigenvalue weighted by Gasteiger charge is 2.17. The number of hydrogen-bond acceptors (Lipinski definition) is 1. The van der Waals surface area contributed by atoms with Crippen molar-refractivity contribution in [3.63, 3.8) is 0 Å². The lowest BCUT2D eigenvalue weighted by Gasteiger charge is -2.19. The number of alkyl halides is 1. The van der Waals surface area contributed by atoms with Gasteiger partial charge in [-0.2, -0.15) is 0 Å². The molecule has 60 valence electrons. The van der Waals surface area contributed by atoms with Crippen LogP contribution in [0.3, 0.4) is 0 Å². The highest BCUT2D eigenvalue weighted by Crippen LogP contribution is 2.21. The van der Waals surface area contributed by atoms with Gasteiger partial charge in [0.05, 0.1) is 11.5 Å². The lowest BCUT2D eigenvalue weighted by Crippen LogP contribution is -2.21. The van der Waals surface area contributed by atoms with Gasteiger partial charge in [-0.3, -0.25) is 0 Å². The summed E-state index contributed by atoms with van der Waals surface area (Å²) >= 11 is 5.89. The molecule has 1 aliphatic rings. The number of rotatable bonds is 0. The maximum Gasteiger partial charge on any atom is 0.0703 e. The average Bonchev–Trinajstić information content (AvgIpc) is 1.92. The predicted molar refractivity (Wildman–Crippen MR) is 43.3 cm³/mol. The van der Waals surface area contributed by atoms with Crippen LogP contribution in [0.4, 0.5) is 0 Å². The van der Waals surface area contributed by atoms with Gasteiger partial charge in [0.1, 0.15) is 0 Å². The summed E-state index contributed by atoms with van der Waals surface area (Å²) in [6, 6.07) is 0. The molecule has 1 nitrogen and oxygen atoms in total. The van der Waals surface area contributed by atoms with Gasteiger partial charge in [-0.05, 0) is 12.8 Å². The Labute approximate surface area is 67.4 Å². The van der Waals surface area contributed by atoms with Crippen LogP contribution in [0.1, 0.15) is 38.5 Å². The van der Waals surface area contributed by atoms with E-state index in [0.29, 0.717) is 0 Å². The van der Waals surface area contributed by atoms with Crippen molar-refractivity contribution in [3.05, 3.63) is 0 Å². The first-order chi connectivity index (χ1) is 4.80. The predicted octanol–water partition coefficient (Wildman–Crippen LogP) is 2.31. The maximum atomic E-state index is 9.35. The molecule has 0 unspecified atom stereocenters. The van der Waals surface area contributed by atoms with Crippen molar-refractivity contribution in [2.24, 2.45) is 0 Å². The SMILES string of the molecule is O[C@H]1CCCCCC[C@@H]1Cl. The molecule has 0 aromatic carbocycles. The van der Waals surface area contributed by atoms with E-state index in [4.69, 9.17) is 11.6 Å².